The molecule has 1 saturated heterocycles. The van der Waals surface area contributed by atoms with Crippen molar-refractivity contribution in [3.8, 4) is 11.1 Å². The molecule has 0 aliphatic carbocycles. The fourth-order valence-corrected chi connectivity index (χ4v) is 3.30. The van der Waals surface area contributed by atoms with Crippen LogP contribution >= 0.6 is 0 Å². The standard InChI is InChI=1S/C18H15F5N4O/c19-17(20)9-26(10-17)4-5-27-14-7-12(8-24-15(14)25-16(27)28)11-2-1-3-13(6-11)18(21,22)23/h1-3,6-8H,4-5,9-10H2,(H,24,25,28). The lowest BCUT2D eigenvalue weighted by molar-refractivity contribution is -0.137. The highest BCUT2D eigenvalue weighted by Crippen LogP contribution is 2.32. The molecular weight excluding hydrogens is 383 g/mol. The maximum atomic E-state index is 12.9. The molecule has 0 saturated carbocycles. The van der Waals surface area contributed by atoms with Gasteiger partial charge < -0.3 is 0 Å². The molecule has 148 valence electrons. The summed E-state index contributed by atoms with van der Waals surface area (Å²) in [5, 5.41) is 0. The molecule has 1 fully saturated rings. The zero-order valence-electron chi connectivity index (χ0n) is 14.4. The van der Waals surface area contributed by atoms with Crippen LogP contribution < -0.4 is 5.69 Å². The van der Waals surface area contributed by atoms with Crippen LogP contribution in [-0.2, 0) is 12.7 Å². The van der Waals surface area contributed by atoms with Crippen molar-refractivity contribution >= 4 is 11.2 Å². The Bertz CT molecular complexity index is 1080. The predicted octanol–water partition coefficient (Wildman–Crippen LogP) is 3.36. The van der Waals surface area contributed by atoms with E-state index in [4.69, 9.17) is 0 Å². The third-order valence-electron chi connectivity index (χ3n) is 4.70. The maximum absolute atomic E-state index is 12.9. The molecule has 0 atom stereocenters. The Balaban J connectivity index is 1.64. The minimum absolute atomic E-state index is 0.169. The summed E-state index contributed by atoms with van der Waals surface area (Å²) in [5.41, 5.74) is 0.196. The van der Waals surface area contributed by atoms with E-state index in [0.717, 1.165) is 12.1 Å². The van der Waals surface area contributed by atoms with Crippen molar-refractivity contribution in [1.82, 2.24) is 19.4 Å². The van der Waals surface area contributed by atoms with Crippen LogP contribution in [0.5, 0.6) is 0 Å². The van der Waals surface area contributed by atoms with E-state index in [1.165, 1.54) is 27.8 Å². The van der Waals surface area contributed by atoms with Gasteiger partial charge in [0.1, 0.15) is 0 Å². The van der Waals surface area contributed by atoms with Crippen molar-refractivity contribution in [3.05, 3.63) is 52.6 Å². The van der Waals surface area contributed by atoms with Crippen LogP contribution in [0.1, 0.15) is 5.56 Å². The lowest BCUT2D eigenvalue weighted by Crippen LogP contribution is -2.56. The molecule has 0 unspecified atom stereocenters. The molecule has 1 aliphatic rings. The van der Waals surface area contributed by atoms with Crippen LogP contribution in [0.2, 0.25) is 0 Å². The van der Waals surface area contributed by atoms with Crippen molar-refractivity contribution in [2.75, 3.05) is 19.6 Å². The number of H-pyrrole nitrogens is 1. The number of benzene rings is 1. The number of nitrogens with zero attached hydrogens (tertiary/aromatic N) is 3. The molecule has 28 heavy (non-hydrogen) atoms. The summed E-state index contributed by atoms with van der Waals surface area (Å²) in [6.07, 6.45) is -3.09. The minimum atomic E-state index is -4.47. The van der Waals surface area contributed by atoms with Gasteiger partial charge in [-0.15, -0.1) is 0 Å². The van der Waals surface area contributed by atoms with Crippen molar-refractivity contribution in [1.29, 1.82) is 0 Å². The molecule has 0 radical (unpaired) electrons. The average molecular weight is 398 g/mol. The number of rotatable bonds is 4. The van der Waals surface area contributed by atoms with Gasteiger partial charge in [0, 0.05) is 24.8 Å². The molecule has 3 heterocycles. The first kappa shape index (κ1) is 18.6. The van der Waals surface area contributed by atoms with Crippen LogP contribution in [0.15, 0.2) is 41.3 Å². The first-order chi connectivity index (χ1) is 13.1. The smallest absolute Gasteiger partial charge is 0.290 e. The number of likely N-dealkylation sites (tertiary alicyclic amines) is 1. The fourth-order valence-electron chi connectivity index (χ4n) is 3.30. The van der Waals surface area contributed by atoms with E-state index in [1.54, 1.807) is 6.07 Å². The molecule has 0 spiro atoms. The second-order valence-corrected chi connectivity index (χ2v) is 6.82. The molecule has 0 bridgehead atoms. The van der Waals surface area contributed by atoms with Gasteiger partial charge in [-0.3, -0.25) is 14.5 Å². The van der Waals surface area contributed by atoms with Gasteiger partial charge in [0.25, 0.3) is 5.92 Å². The van der Waals surface area contributed by atoms with Crippen molar-refractivity contribution in [2.45, 2.75) is 18.6 Å². The number of hydrogen-bond acceptors (Lipinski definition) is 3. The van der Waals surface area contributed by atoms with Crippen LogP contribution in [0.3, 0.4) is 0 Å². The van der Waals surface area contributed by atoms with Crippen LogP contribution in [0, 0.1) is 0 Å². The number of nitrogens with one attached hydrogen (secondary N) is 1. The Labute approximate surface area is 155 Å². The van der Waals surface area contributed by atoms with Gasteiger partial charge in [0.05, 0.1) is 24.2 Å². The summed E-state index contributed by atoms with van der Waals surface area (Å²) in [6, 6.07) is 6.39. The van der Waals surface area contributed by atoms with E-state index < -0.39 is 23.4 Å². The number of imidazole rings is 1. The SMILES string of the molecule is O=c1[nH]c2ncc(-c3cccc(C(F)(F)F)c3)cc2n1CCN1CC(F)(F)C1. The predicted molar refractivity (Wildman–Crippen MR) is 92.2 cm³/mol. The third kappa shape index (κ3) is 3.51. The number of fused-ring (bicyclic) bond motifs is 1. The molecular formula is C18H15F5N4O. The van der Waals surface area contributed by atoms with Crippen molar-refractivity contribution in [2.24, 2.45) is 0 Å². The number of alkyl halides is 5. The molecule has 1 aliphatic heterocycles. The lowest BCUT2D eigenvalue weighted by Gasteiger charge is -2.38. The summed E-state index contributed by atoms with van der Waals surface area (Å²) in [6.45, 7) is -0.269. The van der Waals surface area contributed by atoms with Gasteiger partial charge in [-0.25, -0.2) is 18.6 Å². The zero-order valence-corrected chi connectivity index (χ0v) is 14.4. The number of aromatic amines is 1. The maximum Gasteiger partial charge on any atom is 0.416 e. The topological polar surface area (TPSA) is 53.9 Å². The summed E-state index contributed by atoms with van der Waals surface area (Å²) < 4.78 is 66.1. The molecule has 4 rings (SSSR count). The highest BCUT2D eigenvalue weighted by molar-refractivity contribution is 5.78. The van der Waals surface area contributed by atoms with E-state index in [-0.39, 0.29) is 31.8 Å². The van der Waals surface area contributed by atoms with Gasteiger partial charge in [-0.1, -0.05) is 12.1 Å². The summed E-state index contributed by atoms with van der Waals surface area (Å²) in [4.78, 5) is 20.4. The van der Waals surface area contributed by atoms with Crippen molar-refractivity contribution < 1.29 is 22.0 Å². The number of pyridine rings is 1. The molecule has 5 nitrogen and oxygen atoms in total. The summed E-state index contributed by atoms with van der Waals surface area (Å²) >= 11 is 0. The van der Waals surface area contributed by atoms with Gasteiger partial charge in [-0.05, 0) is 23.8 Å². The molecule has 10 heteroatoms. The highest BCUT2D eigenvalue weighted by Gasteiger charge is 2.43. The average Bonchev–Trinajstić information content (AvgIpc) is 2.92. The Hall–Kier alpha value is -2.75. The molecule has 1 aromatic carbocycles. The Morgan fingerprint density at radius 3 is 2.54 bits per heavy atom. The van der Waals surface area contributed by atoms with Gasteiger partial charge in [0.2, 0.25) is 0 Å². The van der Waals surface area contributed by atoms with Crippen LogP contribution in [0.4, 0.5) is 22.0 Å². The van der Waals surface area contributed by atoms with Crippen LogP contribution in [0.25, 0.3) is 22.3 Å². The van der Waals surface area contributed by atoms with Gasteiger partial charge >= 0.3 is 11.9 Å². The summed E-state index contributed by atoms with van der Waals surface area (Å²) in [7, 11) is 0. The van der Waals surface area contributed by atoms with Crippen LogP contribution in [-0.4, -0.2) is 45.0 Å². The fraction of sp³-hybridized carbons (Fsp3) is 0.333. The van der Waals surface area contributed by atoms with Gasteiger partial charge in [0.15, 0.2) is 5.65 Å². The first-order valence-corrected chi connectivity index (χ1v) is 8.49. The van der Waals surface area contributed by atoms with Gasteiger partial charge in [-0.2, -0.15) is 13.2 Å². The Morgan fingerprint density at radius 2 is 1.86 bits per heavy atom. The minimum Gasteiger partial charge on any atom is -0.290 e. The zero-order chi connectivity index (χ0) is 20.1. The number of aromatic nitrogens is 3. The largest absolute Gasteiger partial charge is 0.416 e. The first-order valence-electron chi connectivity index (χ1n) is 8.49. The quantitative estimate of drug-likeness (QED) is 0.686. The van der Waals surface area contributed by atoms with E-state index in [2.05, 4.69) is 9.97 Å². The van der Waals surface area contributed by atoms with Crippen molar-refractivity contribution in [3.63, 3.8) is 0 Å². The molecule has 2 aromatic heterocycles. The monoisotopic (exact) mass is 398 g/mol. The third-order valence-corrected chi connectivity index (χ3v) is 4.70. The normalized spacial score (nSPS) is 17.0. The van der Waals surface area contributed by atoms with E-state index in [1.807, 2.05) is 0 Å². The Morgan fingerprint density at radius 1 is 1.11 bits per heavy atom. The number of hydrogen-bond donors (Lipinski definition) is 1. The summed E-state index contributed by atoms with van der Waals surface area (Å²) in [5.74, 6) is -2.69. The second-order valence-electron chi connectivity index (χ2n) is 6.82. The van der Waals surface area contributed by atoms with E-state index in [9.17, 15) is 26.7 Å². The molecule has 0 amide bonds. The second kappa shape index (κ2) is 6.40. The number of halogens is 5. The highest BCUT2D eigenvalue weighted by atomic mass is 19.4. The molecule has 1 N–H and O–H groups in total. The van der Waals surface area contributed by atoms with E-state index >= 15 is 0 Å². The Kier molecular flexibility index (Phi) is 4.25. The van der Waals surface area contributed by atoms with E-state index in [0.29, 0.717) is 16.6 Å². The lowest BCUT2D eigenvalue weighted by atomic mass is 10.0. The molecule has 3 aromatic rings.